The van der Waals surface area contributed by atoms with Crippen LogP contribution >= 0.6 is 0 Å². The van der Waals surface area contributed by atoms with Crippen LogP contribution in [0.1, 0.15) is 36.6 Å². The second-order valence-electron chi connectivity index (χ2n) is 5.38. The highest BCUT2D eigenvalue weighted by atomic mass is 15.2. The Morgan fingerprint density at radius 3 is 3.00 bits per heavy atom. The zero-order valence-electron chi connectivity index (χ0n) is 12.4. The number of nitrogens with one attached hydrogen (secondary N) is 1. The topological polar surface area (TPSA) is 53.9 Å². The second kappa shape index (κ2) is 6.63. The summed E-state index contributed by atoms with van der Waals surface area (Å²) in [4.78, 5) is 15.4. The maximum atomic E-state index is 4.45. The second-order valence-corrected chi connectivity index (χ2v) is 5.38. The van der Waals surface area contributed by atoms with Crippen LogP contribution in [0.4, 0.5) is 5.82 Å². The van der Waals surface area contributed by atoms with Gasteiger partial charge in [0.1, 0.15) is 12.1 Å². The van der Waals surface area contributed by atoms with Crippen molar-refractivity contribution in [3.63, 3.8) is 0 Å². The van der Waals surface area contributed by atoms with Crippen molar-refractivity contribution in [1.29, 1.82) is 0 Å². The lowest BCUT2D eigenvalue weighted by molar-refractivity contribution is 0.137. The van der Waals surface area contributed by atoms with E-state index in [2.05, 4.69) is 31.2 Å². The molecule has 1 fully saturated rings. The van der Waals surface area contributed by atoms with E-state index in [1.54, 1.807) is 6.33 Å². The first kappa shape index (κ1) is 13.9. The zero-order chi connectivity index (χ0) is 14.5. The van der Waals surface area contributed by atoms with Crippen LogP contribution in [0.3, 0.4) is 0 Å². The monoisotopic (exact) mass is 283 g/mol. The maximum Gasteiger partial charge on any atom is 0.130 e. The van der Waals surface area contributed by atoms with Gasteiger partial charge in [-0.1, -0.05) is 12.5 Å². The molecule has 0 aromatic carbocycles. The summed E-state index contributed by atoms with van der Waals surface area (Å²) in [5.74, 6) is 0.963. The molecule has 0 bridgehead atoms. The van der Waals surface area contributed by atoms with Crippen LogP contribution in [0.15, 0.2) is 36.9 Å². The first-order chi connectivity index (χ1) is 10.4. The molecule has 2 aromatic rings. The predicted molar refractivity (Wildman–Crippen MR) is 82.8 cm³/mol. The normalized spacial score (nSPS) is 19.4. The molecule has 21 heavy (non-hydrogen) atoms. The number of aromatic nitrogens is 3. The molecule has 110 valence electrons. The minimum absolute atomic E-state index is 0.381. The van der Waals surface area contributed by atoms with Gasteiger partial charge in [0, 0.05) is 31.5 Å². The fourth-order valence-electron chi connectivity index (χ4n) is 3.02. The smallest absolute Gasteiger partial charge is 0.130 e. The average molecular weight is 283 g/mol. The number of nitrogens with zero attached hydrogens (tertiary/aromatic N) is 4. The van der Waals surface area contributed by atoms with Gasteiger partial charge >= 0.3 is 0 Å². The Balaban J connectivity index is 1.82. The first-order valence-corrected chi connectivity index (χ1v) is 7.50. The minimum atomic E-state index is 0.381. The lowest BCUT2D eigenvalue weighted by atomic mass is 9.98. The maximum absolute atomic E-state index is 4.45. The summed E-state index contributed by atoms with van der Waals surface area (Å²) >= 11 is 0. The molecule has 1 aliphatic rings. The molecular formula is C16H21N5. The van der Waals surface area contributed by atoms with E-state index in [0.29, 0.717) is 6.04 Å². The van der Waals surface area contributed by atoms with Gasteiger partial charge in [0.05, 0.1) is 11.7 Å². The van der Waals surface area contributed by atoms with Gasteiger partial charge in [-0.3, -0.25) is 4.90 Å². The van der Waals surface area contributed by atoms with E-state index in [4.69, 9.17) is 0 Å². The van der Waals surface area contributed by atoms with Crippen molar-refractivity contribution in [3.05, 3.63) is 48.2 Å². The Bertz CT molecular complexity index is 572. The number of hydrogen-bond donors (Lipinski definition) is 1. The summed E-state index contributed by atoms with van der Waals surface area (Å²) in [6, 6.07) is 6.56. The fraction of sp³-hybridized carbons (Fsp3) is 0.438. The van der Waals surface area contributed by atoms with E-state index in [1.165, 1.54) is 18.4 Å². The van der Waals surface area contributed by atoms with Gasteiger partial charge in [0.15, 0.2) is 0 Å². The van der Waals surface area contributed by atoms with Crippen LogP contribution in [0, 0.1) is 0 Å². The van der Waals surface area contributed by atoms with E-state index in [-0.39, 0.29) is 0 Å². The number of piperidine rings is 1. The Hall–Kier alpha value is -2.01. The van der Waals surface area contributed by atoms with Gasteiger partial charge in [-0.15, -0.1) is 0 Å². The number of rotatable bonds is 4. The van der Waals surface area contributed by atoms with Crippen LogP contribution in [0.5, 0.6) is 0 Å². The summed E-state index contributed by atoms with van der Waals surface area (Å²) in [6.07, 6.45) is 8.97. The number of hydrogen-bond acceptors (Lipinski definition) is 5. The molecule has 5 heteroatoms. The van der Waals surface area contributed by atoms with Gasteiger partial charge < -0.3 is 5.32 Å². The van der Waals surface area contributed by atoms with Crippen molar-refractivity contribution in [1.82, 2.24) is 19.9 Å². The molecule has 0 saturated carbocycles. The molecule has 0 aliphatic carbocycles. The number of anilines is 1. The van der Waals surface area contributed by atoms with Crippen LogP contribution in [0.25, 0.3) is 0 Å². The molecule has 1 N–H and O–H groups in total. The molecular weight excluding hydrogens is 262 g/mol. The lowest BCUT2D eigenvalue weighted by Gasteiger charge is -2.35. The van der Waals surface area contributed by atoms with Crippen molar-refractivity contribution in [3.8, 4) is 0 Å². The van der Waals surface area contributed by atoms with Crippen LogP contribution in [0.2, 0.25) is 0 Å². The highest BCUT2D eigenvalue weighted by Gasteiger charge is 2.25. The molecule has 5 nitrogen and oxygen atoms in total. The summed E-state index contributed by atoms with van der Waals surface area (Å²) < 4.78 is 0. The van der Waals surface area contributed by atoms with Crippen molar-refractivity contribution >= 4 is 5.82 Å². The van der Waals surface area contributed by atoms with Gasteiger partial charge in [-0.05, 0) is 31.5 Å². The molecule has 0 amide bonds. The summed E-state index contributed by atoms with van der Waals surface area (Å²) in [7, 11) is 1.92. The Labute approximate surface area is 125 Å². The highest BCUT2D eigenvalue weighted by Crippen LogP contribution is 2.31. The fourth-order valence-corrected chi connectivity index (χ4v) is 3.02. The lowest BCUT2D eigenvalue weighted by Crippen LogP contribution is -2.33. The molecule has 0 radical (unpaired) electrons. The average Bonchev–Trinajstić information content (AvgIpc) is 2.57. The van der Waals surface area contributed by atoms with E-state index in [1.807, 2.05) is 31.6 Å². The van der Waals surface area contributed by atoms with Crippen molar-refractivity contribution in [2.24, 2.45) is 0 Å². The third-order valence-electron chi connectivity index (χ3n) is 4.06. The van der Waals surface area contributed by atoms with Crippen LogP contribution < -0.4 is 5.32 Å². The van der Waals surface area contributed by atoms with E-state index >= 15 is 0 Å². The molecule has 1 aliphatic heterocycles. The minimum Gasteiger partial charge on any atom is -0.373 e. The molecule has 3 heterocycles. The van der Waals surface area contributed by atoms with Gasteiger partial charge in [-0.2, -0.15) is 0 Å². The third kappa shape index (κ3) is 3.19. The molecule has 1 saturated heterocycles. The van der Waals surface area contributed by atoms with Crippen molar-refractivity contribution in [2.45, 2.75) is 31.8 Å². The summed E-state index contributed by atoms with van der Waals surface area (Å²) in [5.41, 5.74) is 2.36. The molecule has 3 rings (SSSR count). The number of likely N-dealkylation sites (tertiary alicyclic amines) is 1. The molecule has 0 spiro atoms. The Morgan fingerprint density at radius 2 is 2.19 bits per heavy atom. The first-order valence-electron chi connectivity index (χ1n) is 7.50. The highest BCUT2D eigenvalue weighted by molar-refractivity contribution is 5.42. The van der Waals surface area contributed by atoms with Gasteiger partial charge in [-0.25, -0.2) is 15.0 Å². The zero-order valence-corrected chi connectivity index (χ0v) is 12.4. The van der Waals surface area contributed by atoms with E-state index in [0.717, 1.165) is 31.0 Å². The quantitative estimate of drug-likeness (QED) is 0.935. The molecule has 2 aromatic heterocycles. The molecule has 1 unspecified atom stereocenters. The van der Waals surface area contributed by atoms with Gasteiger partial charge in [0.2, 0.25) is 0 Å². The van der Waals surface area contributed by atoms with Crippen LogP contribution in [-0.4, -0.2) is 33.4 Å². The van der Waals surface area contributed by atoms with Crippen LogP contribution in [-0.2, 0) is 6.54 Å². The SMILES string of the molecule is CNc1ncccc1CN1CCCCC1c1ccncn1. The largest absolute Gasteiger partial charge is 0.373 e. The number of pyridine rings is 1. The van der Waals surface area contributed by atoms with Gasteiger partial charge in [0.25, 0.3) is 0 Å². The standard InChI is InChI=1S/C16H21N5/c1-17-16-13(5-4-8-19-16)11-21-10-3-2-6-15(21)14-7-9-18-12-20-14/h4-5,7-9,12,15H,2-3,6,10-11H2,1H3,(H,17,19). The Morgan fingerprint density at radius 1 is 1.24 bits per heavy atom. The van der Waals surface area contributed by atoms with Crippen molar-refractivity contribution < 1.29 is 0 Å². The summed E-state index contributed by atoms with van der Waals surface area (Å²) in [5, 5.41) is 3.18. The summed E-state index contributed by atoms with van der Waals surface area (Å²) in [6.45, 7) is 2.01. The Kier molecular flexibility index (Phi) is 4.40. The van der Waals surface area contributed by atoms with E-state index in [9.17, 15) is 0 Å². The predicted octanol–water partition coefficient (Wildman–Crippen LogP) is 2.64. The third-order valence-corrected chi connectivity index (χ3v) is 4.06. The molecule has 1 atom stereocenters. The van der Waals surface area contributed by atoms with Crippen molar-refractivity contribution in [2.75, 3.05) is 18.9 Å². The van der Waals surface area contributed by atoms with E-state index < -0.39 is 0 Å².